The summed E-state index contributed by atoms with van der Waals surface area (Å²) in [6.45, 7) is 1.98. The average molecular weight is 236 g/mol. The third-order valence-electron chi connectivity index (χ3n) is 1.35. The van der Waals surface area contributed by atoms with E-state index in [1.807, 2.05) is 19.1 Å². The van der Waals surface area contributed by atoms with E-state index in [4.69, 9.17) is 16.3 Å². The molecule has 0 saturated heterocycles. The highest BCUT2D eigenvalue weighted by molar-refractivity contribution is 9.10. The molecule has 0 heterocycles. The Balaban J connectivity index is 3.25. The van der Waals surface area contributed by atoms with E-state index in [1.165, 1.54) is 0 Å². The third kappa shape index (κ3) is 1.88. The number of rotatable bonds is 1. The maximum Gasteiger partial charge on any atom is 0.151 e. The molecule has 0 unspecified atom stereocenters. The van der Waals surface area contributed by atoms with Crippen molar-refractivity contribution in [3.63, 3.8) is 0 Å². The second-order valence-corrected chi connectivity index (χ2v) is 3.52. The van der Waals surface area contributed by atoms with Crippen LogP contribution in [0.1, 0.15) is 5.56 Å². The minimum atomic E-state index is 0.638. The van der Waals surface area contributed by atoms with Gasteiger partial charge in [-0.05, 0) is 40.5 Å². The highest BCUT2D eigenvalue weighted by atomic mass is 79.9. The average Bonchev–Trinajstić information content (AvgIpc) is 1.85. The van der Waals surface area contributed by atoms with Crippen molar-refractivity contribution < 1.29 is 4.74 Å². The molecule has 11 heavy (non-hydrogen) atoms. The fourth-order valence-electron chi connectivity index (χ4n) is 0.882. The molecule has 0 aliphatic rings. The molecule has 3 heteroatoms. The zero-order valence-corrected chi connectivity index (χ0v) is 8.66. The van der Waals surface area contributed by atoms with E-state index in [9.17, 15) is 0 Å². The van der Waals surface area contributed by atoms with Crippen molar-refractivity contribution in [1.29, 1.82) is 0 Å². The fraction of sp³-hybridized carbons (Fsp3) is 0.250. The first kappa shape index (κ1) is 8.88. The van der Waals surface area contributed by atoms with E-state index in [0.29, 0.717) is 10.8 Å². The number of methoxy groups -OCH3 is 1. The van der Waals surface area contributed by atoms with Crippen molar-refractivity contribution in [2.75, 3.05) is 7.11 Å². The smallest absolute Gasteiger partial charge is 0.151 e. The van der Waals surface area contributed by atoms with Crippen molar-refractivity contribution in [2.45, 2.75) is 6.92 Å². The molecule has 0 radical (unpaired) electrons. The molecule has 1 aromatic rings. The maximum atomic E-state index is 5.88. The lowest BCUT2D eigenvalue weighted by molar-refractivity contribution is 0.412. The van der Waals surface area contributed by atoms with E-state index < -0.39 is 0 Å². The molecule has 1 aromatic carbocycles. The highest BCUT2D eigenvalue weighted by Gasteiger charge is 2.05. The highest BCUT2D eigenvalue weighted by Crippen LogP contribution is 2.33. The summed E-state index contributed by atoms with van der Waals surface area (Å²) in [6, 6.07) is 3.83. The molecule has 60 valence electrons. The van der Waals surface area contributed by atoms with E-state index in [-0.39, 0.29) is 0 Å². The topological polar surface area (TPSA) is 9.23 Å². The van der Waals surface area contributed by atoms with E-state index >= 15 is 0 Å². The summed E-state index contributed by atoms with van der Waals surface area (Å²) in [7, 11) is 1.60. The summed E-state index contributed by atoms with van der Waals surface area (Å²) in [5, 5.41) is 0.638. The lowest BCUT2D eigenvalue weighted by Crippen LogP contribution is -1.86. The summed E-state index contributed by atoms with van der Waals surface area (Å²) in [5.74, 6) is 0.692. The molecule has 0 fully saturated rings. The van der Waals surface area contributed by atoms with Gasteiger partial charge in [0.2, 0.25) is 0 Å². The minimum Gasteiger partial charge on any atom is -0.494 e. The number of hydrogen-bond donors (Lipinski definition) is 0. The van der Waals surface area contributed by atoms with Crippen LogP contribution in [0.3, 0.4) is 0 Å². The van der Waals surface area contributed by atoms with Gasteiger partial charge < -0.3 is 4.74 Å². The summed E-state index contributed by atoms with van der Waals surface area (Å²) in [6.07, 6.45) is 0. The van der Waals surface area contributed by atoms with E-state index in [1.54, 1.807) is 7.11 Å². The Morgan fingerprint density at radius 3 is 2.55 bits per heavy atom. The Bertz CT molecular complexity index is 250. The fourth-order valence-corrected chi connectivity index (χ4v) is 2.08. The van der Waals surface area contributed by atoms with Crippen LogP contribution in [0.4, 0.5) is 0 Å². The SMILES string of the molecule is COc1c(Cl)cc(C)cc1Br. The standard InChI is InChI=1S/C8H8BrClO/c1-5-3-6(9)8(11-2)7(10)4-5/h3-4H,1-2H3. The second-order valence-electron chi connectivity index (χ2n) is 2.26. The molecule has 0 amide bonds. The Morgan fingerprint density at radius 1 is 1.45 bits per heavy atom. The van der Waals surface area contributed by atoms with Crippen LogP contribution in [0.25, 0.3) is 0 Å². The van der Waals surface area contributed by atoms with Gasteiger partial charge >= 0.3 is 0 Å². The van der Waals surface area contributed by atoms with Gasteiger partial charge in [-0.15, -0.1) is 0 Å². The molecule has 0 saturated carbocycles. The van der Waals surface area contributed by atoms with Gasteiger partial charge in [0, 0.05) is 0 Å². The van der Waals surface area contributed by atoms with Crippen molar-refractivity contribution in [3.8, 4) is 5.75 Å². The molecule has 0 aliphatic heterocycles. The quantitative estimate of drug-likeness (QED) is 0.725. The van der Waals surface area contributed by atoms with Gasteiger partial charge in [0.1, 0.15) is 0 Å². The lowest BCUT2D eigenvalue weighted by atomic mass is 10.2. The predicted molar refractivity (Wildman–Crippen MR) is 50.4 cm³/mol. The largest absolute Gasteiger partial charge is 0.494 e. The van der Waals surface area contributed by atoms with Gasteiger partial charge in [0.05, 0.1) is 16.6 Å². The zero-order chi connectivity index (χ0) is 8.43. The number of aryl methyl sites for hydroxylation is 1. The summed E-state index contributed by atoms with van der Waals surface area (Å²) < 4.78 is 5.95. The molecule has 0 N–H and O–H groups in total. The molecule has 0 bridgehead atoms. The molecule has 1 nitrogen and oxygen atoms in total. The van der Waals surface area contributed by atoms with Crippen LogP contribution in [0.2, 0.25) is 5.02 Å². The summed E-state index contributed by atoms with van der Waals surface area (Å²) in [5.41, 5.74) is 1.11. The molecule has 0 aliphatic carbocycles. The van der Waals surface area contributed by atoms with Crippen LogP contribution < -0.4 is 4.74 Å². The Hall–Kier alpha value is -0.210. The normalized spacial score (nSPS) is 9.82. The number of halogens is 2. The van der Waals surface area contributed by atoms with Crippen LogP contribution >= 0.6 is 27.5 Å². The molecular formula is C8H8BrClO. The summed E-state index contributed by atoms with van der Waals surface area (Å²) >= 11 is 9.23. The predicted octanol–water partition coefficient (Wildman–Crippen LogP) is 3.42. The van der Waals surface area contributed by atoms with Crippen LogP contribution in [0, 0.1) is 6.92 Å². The third-order valence-corrected chi connectivity index (χ3v) is 2.22. The van der Waals surface area contributed by atoms with Gasteiger partial charge in [-0.3, -0.25) is 0 Å². The first-order valence-electron chi connectivity index (χ1n) is 3.15. The van der Waals surface area contributed by atoms with Gasteiger partial charge in [-0.25, -0.2) is 0 Å². The van der Waals surface area contributed by atoms with Gasteiger partial charge in [0.25, 0.3) is 0 Å². The summed E-state index contributed by atoms with van der Waals surface area (Å²) in [4.78, 5) is 0. The molecule has 1 rings (SSSR count). The van der Waals surface area contributed by atoms with Gasteiger partial charge in [-0.2, -0.15) is 0 Å². The van der Waals surface area contributed by atoms with Gasteiger partial charge in [0.15, 0.2) is 5.75 Å². The molecule has 0 atom stereocenters. The Kier molecular flexibility index (Phi) is 2.79. The number of benzene rings is 1. The Labute approximate surface area is 79.4 Å². The van der Waals surface area contributed by atoms with E-state index in [2.05, 4.69) is 15.9 Å². The van der Waals surface area contributed by atoms with Crippen LogP contribution in [-0.4, -0.2) is 7.11 Å². The van der Waals surface area contributed by atoms with Gasteiger partial charge in [-0.1, -0.05) is 11.6 Å². The van der Waals surface area contributed by atoms with E-state index in [0.717, 1.165) is 10.0 Å². The minimum absolute atomic E-state index is 0.638. The van der Waals surface area contributed by atoms with Crippen molar-refractivity contribution in [2.24, 2.45) is 0 Å². The van der Waals surface area contributed by atoms with Crippen molar-refractivity contribution >= 4 is 27.5 Å². The van der Waals surface area contributed by atoms with Crippen LogP contribution in [0.5, 0.6) is 5.75 Å². The number of hydrogen-bond acceptors (Lipinski definition) is 1. The maximum absolute atomic E-state index is 5.88. The molecule has 0 spiro atoms. The lowest BCUT2D eigenvalue weighted by Gasteiger charge is -2.05. The van der Waals surface area contributed by atoms with Crippen molar-refractivity contribution in [1.82, 2.24) is 0 Å². The first-order chi connectivity index (χ1) is 5.15. The Morgan fingerprint density at radius 2 is 2.09 bits per heavy atom. The van der Waals surface area contributed by atoms with Crippen LogP contribution in [-0.2, 0) is 0 Å². The zero-order valence-electron chi connectivity index (χ0n) is 6.32. The number of ether oxygens (including phenoxy) is 1. The monoisotopic (exact) mass is 234 g/mol. The van der Waals surface area contributed by atoms with Crippen molar-refractivity contribution in [3.05, 3.63) is 27.2 Å². The second kappa shape index (κ2) is 3.46. The van der Waals surface area contributed by atoms with Crippen LogP contribution in [0.15, 0.2) is 16.6 Å². The first-order valence-corrected chi connectivity index (χ1v) is 4.32. The molecular weight excluding hydrogens is 227 g/mol. The molecule has 0 aromatic heterocycles.